The number of benzene rings is 2. The smallest absolute Gasteiger partial charge is 0.171 e. The highest BCUT2D eigenvalue weighted by Crippen LogP contribution is 2.33. The number of fused-ring (bicyclic) bond motifs is 2. The molecule has 1 aliphatic heterocycles. The van der Waals surface area contributed by atoms with E-state index in [2.05, 4.69) is 10.2 Å². The summed E-state index contributed by atoms with van der Waals surface area (Å²) in [6, 6.07) is 10.3. The first-order valence-corrected chi connectivity index (χ1v) is 9.82. The Kier molecular flexibility index (Phi) is 4.59. The predicted molar refractivity (Wildman–Crippen MR) is 110 cm³/mol. The van der Waals surface area contributed by atoms with Crippen LogP contribution in [0.25, 0.3) is 22.0 Å². The average molecular weight is 405 g/mol. The fourth-order valence-electron chi connectivity index (χ4n) is 4.12. The van der Waals surface area contributed by atoms with Crippen LogP contribution in [0.2, 0.25) is 0 Å². The third kappa shape index (κ3) is 3.17. The van der Waals surface area contributed by atoms with Crippen molar-refractivity contribution in [1.29, 1.82) is 0 Å². The van der Waals surface area contributed by atoms with Crippen LogP contribution < -0.4 is 4.74 Å². The molecule has 2 aromatic carbocycles. The Morgan fingerprint density at radius 2 is 2.17 bits per heavy atom. The second-order valence-electron chi connectivity index (χ2n) is 7.51. The number of rotatable bonds is 5. The van der Waals surface area contributed by atoms with Crippen molar-refractivity contribution >= 4 is 16.7 Å². The van der Waals surface area contributed by atoms with Crippen molar-refractivity contribution in [2.75, 3.05) is 13.2 Å². The van der Waals surface area contributed by atoms with Gasteiger partial charge in [-0.05, 0) is 41.8 Å². The van der Waals surface area contributed by atoms with Crippen LogP contribution in [0.1, 0.15) is 15.9 Å². The van der Waals surface area contributed by atoms with Crippen molar-refractivity contribution < 1.29 is 19.0 Å². The molecule has 2 aromatic heterocycles. The maximum atomic E-state index is 13.6. The minimum Gasteiger partial charge on any atom is -0.493 e. The van der Waals surface area contributed by atoms with Crippen molar-refractivity contribution in [1.82, 2.24) is 14.8 Å². The molecule has 7 heteroatoms. The second kappa shape index (κ2) is 7.42. The molecular formula is C23H20FN3O3. The number of aromatic amines is 1. The summed E-state index contributed by atoms with van der Waals surface area (Å²) in [6.07, 6.45) is 5.78. The van der Waals surface area contributed by atoms with E-state index in [0.29, 0.717) is 29.8 Å². The zero-order chi connectivity index (χ0) is 20.7. The number of hydrogen-bond donors (Lipinski definition) is 2. The van der Waals surface area contributed by atoms with Crippen LogP contribution in [-0.2, 0) is 13.0 Å². The Morgan fingerprint density at radius 3 is 2.97 bits per heavy atom. The lowest BCUT2D eigenvalue weighted by Gasteiger charge is -2.24. The summed E-state index contributed by atoms with van der Waals surface area (Å²) < 4.78 is 21.2. The van der Waals surface area contributed by atoms with E-state index < -0.39 is 0 Å². The van der Waals surface area contributed by atoms with Crippen molar-refractivity contribution in [3.05, 3.63) is 71.9 Å². The molecule has 1 unspecified atom stereocenters. The highest BCUT2D eigenvalue weighted by molar-refractivity contribution is 6.10. The molecule has 2 N–H and O–H groups in total. The molecule has 1 aliphatic rings. The van der Waals surface area contributed by atoms with Gasteiger partial charge in [-0.25, -0.2) is 4.39 Å². The second-order valence-corrected chi connectivity index (χ2v) is 7.51. The molecule has 0 saturated carbocycles. The Hall–Kier alpha value is -3.45. The average Bonchev–Trinajstić information content (AvgIpc) is 3.41. The first kappa shape index (κ1) is 18.6. The Morgan fingerprint density at radius 1 is 1.27 bits per heavy atom. The van der Waals surface area contributed by atoms with Gasteiger partial charge in [0.1, 0.15) is 11.6 Å². The topological polar surface area (TPSA) is 80.1 Å². The normalized spacial score (nSPS) is 15.7. The third-order valence-corrected chi connectivity index (χ3v) is 5.62. The number of ketones is 1. The number of hydrogen-bond acceptors (Lipinski definition) is 4. The maximum absolute atomic E-state index is 13.6. The highest BCUT2D eigenvalue weighted by atomic mass is 19.1. The summed E-state index contributed by atoms with van der Waals surface area (Å²) in [5.41, 5.74) is 4.08. The lowest BCUT2D eigenvalue weighted by Crippen LogP contribution is -2.28. The summed E-state index contributed by atoms with van der Waals surface area (Å²) >= 11 is 0. The molecule has 6 nitrogen and oxygen atoms in total. The molecule has 5 rings (SSSR count). The minimum absolute atomic E-state index is 0.0352. The van der Waals surface area contributed by atoms with Gasteiger partial charge in [0.2, 0.25) is 0 Å². The van der Waals surface area contributed by atoms with E-state index in [-0.39, 0.29) is 30.7 Å². The standard InChI is InChI=1S/C23H20FN3O3/c24-18-2-4-22-15(8-18)7-16(13-30-22)23(29)20-12-27(5-6-28)21-9-14(1-3-19(20)21)17-10-25-26-11-17/h1-4,8-12,16,28H,5-7,13H2,(H,25,26). The molecule has 0 saturated heterocycles. The van der Waals surface area contributed by atoms with E-state index in [4.69, 9.17) is 4.74 Å². The van der Waals surface area contributed by atoms with Crippen LogP contribution in [0, 0.1) is 11.7 Å². The lowest BCUT2D eigenvalue weighted by molar-refractivity contribution is 0.0856. The molecular weight excluding hydrogens is 385 g/mol. The summed E-state index contributed by atoms with van der Waals surface area (Å²) in [5.74, 6) is -0.131. The number of aliphatic hydroxyl groups excluding tert-OH is 1. The van der Waals surface area contributed by atoms with Crippen LogP contribution in [0.4, 0.5) is 4.39 Å². The maximum Gasteiger partial charge on any atom is 0.171 e. The number of Topliss-reactive ketones (excluding diaryl/α,β-unsaturated/α-hetero) is 1. The first-order chi connectivity index (χ1) is 14.6. The molecule has 0 radical (unpaired) electrons. The van der Waals surface area contributed by atoms with Crippen LogP contribution in [0.15, 0.2) is 55.0 Å². The molecule has 0 bridgehead atoms. The fourth-order valence-corrected chi connectivity index (χ4v) is 4.12. The van der Waals surface area contributed by atoms with E-state index >= 15 is 0 Å². The zero-order valence-electron chi connectivity index (χ0n) is 16.1. The number of nitrogens with zero attached hydrogens (tertiary/aromatic N) is 2. The SMILES string of the molecule is O=C(c1cn(CCO)c2cc(-c3cn[nH]c3)ccc12)C1COc2ccc(F)cc2C1. The minimum atomic E-state index is -0.388. The van der Waals surface area contributed by atoms with Gasteiger partial charge in [-0.1, -0.05) is 12.1 Å². The predicted octanol–water partition coefficient (Wildman–Crippen LogP) is 3.60. The van der Waals surface area contributed by atoms with E-state index in [9.17, 15) is 14.3 Å². The van der Waals surface area contributed by atoms with Gasteiger partial charge < -0.3 is 14.4 Å². The van der Waals surface area contributed by atoms with Crippen molar-refractivity contribution in [2.24, 2.45) is 5.92 Å². The summed E-state index contributed by atoms with van der Waals surface area (Å²) in [7, 11) is 0. The number of H-pyrrole nitrogens is 1. The molecule has 30 heavy (non-hydrogen) atoms. The van der Waals surface area contributed by atoms with Crippen LogP contribution in [0.3, 0.4) is 0 Å². The molecule has 4 aromatic rings. The van der Waals surface area contributed by atoms with Crippen molar-refractivity contribution in [3.8, 4) is 16.9 Å². The number of aromatic nitrogens is 3. The molecule has 152 valence electrons. The Labute approximate surface area is 171 Å². The molecule has 1 atom stereocenters. The number of nitrogens with one attached hydrogen (secondary N) is 1. The number of aliphatic hydroxyl groups is 1. The third-order valence-electron chi connectivity index (χ3n) is 5.62. The van der Waals surface area contributed by atoms with E-state index in [1.165, 1.54) is 12.1 Å². The van der Waals surface area contributed by atoms with Gasteiger partial charge in [-0.15, -0.1) is 0 Å². The number of ether oxygens (including phenoxy) is 1. The monoisotopic (exact) mass is 405 g/mol. The zero-order valence-corrected chi connectivity index (χ0v) is 16.1. The van der Waals surface area contributed by atoms with Crippen LogP contribution in [0.5, 0.6) is 5.75 Å². The van der Waals surface area contributed by atoms with Gasteiger partial charge >= 0.3 is 0 Å². The quantitative estimate of drug-likeness (QED) is 0.497. The number of halogens is 1. The first-order valence-electron chi connectivity index (χ1n) is 9.82. The lowest BCUT2D eigenvalue weighted by atomic mass is 9.89. The van der Waals surface area contributed by atoms with Gasteiger partial charge in [0.15, 0.2) is 5.78 Å². The summed E-state index contributed by atoms with van der Waals surface area (Å²) in [5, 5.41) is 17.1. The molecule has 0 amide bonds. The molecule has 0 fully saturated rings. The van der Waals surface area contributed by atoms with Gasteiger partial charge in [0.05, 0.1) is 25.3 Å². The molecule has 0 aliphatic carbocycles. The van der Waals surface area contributed by atoms with E-state index in [1.54, 1.807) is 18.5 Å². The Balaban J connectivity index is 1.53. The van der Waals surface area contributed by atoms with Crippen LogP contribution in [-0.4, -0.2) is 38.9 Å². The summed E-state index contributed by atoms with van der Waals surface area (Å²) in [6.45, 7) is 0.609. The highest BCUT2D eigenvalue weighted by Gasteiger charge is 2.29. The van der Waals surface area contributed by atoms with Crippen molar-refractivity contribution in [2.45, 2.75) is 13.0 Å². The molecule has 0 spiro atoms. The molecule has 3 heterocycles. The number of carbonyl (C=O) groups excluding carboxylic acids is 1. The fraction of sp³-hybridized carbons (Fsp3) is 0.217. The number of carbonyl (C=O) groups is 1. The van der Waals surface area contributed by atoms with Gasteiger partial charge in [0, 0.05) is 41.0 Å². The summed E-state index contributed by atoms with van der Waals surface area (Å²) in [4.78, 5) is 13.4. The van der Waals surface area contributed by atoms with Gasteiger partial charge in [-0.2, -0.15) is 5.10 Å². The largest absolute Gasteiger partial charge is 0.493 e. The van der Waals surface area contributed by atoms with Crippen LogP contribution >= 0.6 is 0 Å². The van der Waals surface area contributed by atoms with Crippen molar-refractivity contribution in [3.63, 3.8) is 0 Å². The van der Waals surface area contributed by atoms with E-state index in [1.807, 2.05) is 29.0 Å². The van der Waals surface area contributed by atoms with E-state index in [0.717, 1.165) is 22.0 Å². The van der Waals surface area contributed by atoms with Gasteiger partial charge in [0.25, 0.3) is 0 Å². The Bertz CT molecular complexity index is 1230. The van der Waals surface area contributed by atoms with Gasteiger partial charge in [-0.3, -0.25) is 9.89 Å².